The van der Waals surface area contributed by atoms with E-state index in [0.29, 0.717) is 0 Å². The maximum absolute atomic E-state index is 5.41. The van der Waals surface area contributed by atoms with Crippen LogP contribution >= 0.6 is 0 Å². The summed E-state index contributed by atoms with van der Waals surface area (Å²) in [5.74, 6) is 0. The molecule has 7 heavy (non-hydrogen) atoms. The van der Waals surface area contributed by atoms with E-state index in [0.717, 1.165) is 12.9 Å². The van der Waals surface area contributed by atoms with Gasteiger partial charge in [-0.3, -0.25) is 0 Å². The summed E-state index contributed by atoms with van der Waals surface area (Å²) >= 11 is 0. The van der Waals surface area contributed by atoms with Gasteiger partial charge in [0, 0.05) is 6.61 Å². The first-order chi connectivity index (χ1) is 3.39. The van der Waals surface area contributed by atoms with Crippen LogP contribution in [-0.2, 0) is 4.65 Å². The molecule has 0 aromatic rings. The molecule has 0 spiro atoms. The van der Waals surface area contributed by atoms with E-state index in [2.05, 4.69) is 0 Å². The monoisotopic (exact) mass is 99.1 g/mol. The van der Waals surface area contributed by atoms with E-state index in [1.807, 2.05) is 0 Å². The Bertz CT molecular complexity index is 53.7. The topological polar surface area (TPSA) is 35.2 Å². The lowest BCUT2D eigenvalue weighted by molar-refractivity contribution is 0.287. The molecular weight excluding hydrogens is 88.9 g/mol. The second-order valence-electron chi connectivity index (χ2n) is 1.91. The average molecular weight is 98.9 g/mol. The molecule has 0 radical (unpaired) electrons. The highest BCUT2D eigenvalue weighted by Gasteiger charge is 2.12. The summed E-state index contributed by atoms with van der Waals surface area (Å²) in [6.45, 7) is 0.862. The highest BCUT2D eigenvalue weighted by Crippen LogP contribution is 2.05. The lowest BCUT2D eigenvalue weighted by Gasteiger charge is -2.13. The minimum absolute atomic E-state index is 0.0359. The van der Waals surface area contributed by atoms with Crippen LogP contribution in [0.15, 0.2) is 0 Å². The van der Waals surface area contributed by atoms with E-state index in [9.17, 15) is 0 Å². The van der Waals surface area contributed by atoms with E-state index in [1.54, 1.807) is 0 Å². The molecule has 1 rings (SSSR count). The summed E-state index contributed by atoms with van der Waals surface area (Å²) in [5, 5.41) is 0. The van der Waals surface area contributed by atoms with E-state index < -0.39 is 0 Å². The first-order valence-electron chi connectivity index (χ1n) is 2.77. The third kappa shape index (κ3) is 1.49. The molecule has 0 amide bonds. The molecule has 1 saturated heterocycles. The Hall–Kier alpha value is -0.0151. The fourth-order valence-corrected chi connectivity index (χ4v) is 0.766. The fraction of sp³-hybridized carbons (Fsp3) is 1.00. The zero-order chi connectivity index (χ0) is 5.11. The molecule has 0 aromatic carbocycles. The Morgan fingerprint density at radius 2 is 2.29 bits per heavy atom. The smallest absolute Gasteiger partial charge is 0.376 e. The Morgan fingerprint density at radius 3 is 2.57 bits per heavy atom. The van der Waals surface area contributed by atoms with Crippen molar-refractivity contribution in [2.75, 3.05) is 6.61 Å². The van der Waals surface area contributed by atoms with Gasteiger partial charge in [0.2, 0.25) is 0 Å². The second kappa shape index (κ2) is 2.33. The standard InChI is InChI=1S/C4H10BNO/c6-5-3-1-2-4-7-5/h1-4,6H2. The van der Waals surface area contributed by atoms with E-state index >= 15 is 0 Å². The lowest BCUT2D eigenvalue weighted by atomic mass is 9.76. The van der Waals surface area contributed by atoms with Crippen LogP contribution < -0.4 is 5.64 Å². The molecule has 0 atom stereocenters. The summed E-state index contributed by atoms with van der Waals surface area (Å²) in [7, 11) is 0.0359. The van der Waals surface area contributed by atoms with Crippen LogP contribution in [0.1, 0.15) is 12.8 Å². The molecule has 1 heterocycles. The first-order valence-corrected chi connectivity index (χ1v) is 2.77. The van der Waals surface area contributed by atoms with Gasteiger partial charge >= 0.3 is 7.05 Å². The van der Waals surface area contributed by atoms with Crippen LogP contribution in [0.3, 0.4) is 0 Å². The number of rotatable bonds is 0. The normalized spacial score (nSPS) is 22.7. The molecule has 0 aliphatic carbocycles. The van der Waals surface area contributed by atoms with Crippen molar-refractivity contribution in [2.45, 2.75) is 19.2 Å². The molecule has 2 N–H and O–H groups in total. The molecule has 3 heteroatoms. The quantitative estimate of drug-likeness (QED) is 0.441. The van der Waals surface area contributed by atoms with E-state index in [-0.39, 0.29) is 7.05 Å². The predicted octanol–water partition coefficient (Wildman–Crippen LogP) is 0.244. The Kier molecular flexibility index (Phi) is 1.71. The molecular formula is C4H10BNO. The molecule has 0 aromatic heterocycles. The van der Waals surface area contributed by atoms with Gasteiger partial charge in [-0.2, -0.15) is 0 Å². The van der Waals surface area contributed by atoms with Gasteiger partial charge < -0.3 is 10.3 Å². The third-order valence-electron chi connectivity index (χ3n) is 1.21. The summed E-state index contributed by atoms with van der Waals surface area (Å²) in [6.07, 6.45) is 3.47. The van der Waals surface area contributed by atoms with Crippen LogP contribution in [0.5, 0.6) is 0 Å². The molecule has 2 nitrogen and oxygen atoms in total. The molecule has 40 valence electrons. The highest BCUT2D eigenvalue weighted by molar-refractivity contribution is 6.48. The van der Waals surface area contributed by atoms with Gasteiger partial charge in [0.25, 0.3) is 0 Å². The molecule has 0 bridgehead atoms. The third-order valence-corrected chi connectivity index (χ3v) is 1.21. The minimum Gasteiger partial charge on any atom is -0.422 e. The maximum Gasteiger partial charge on any atom is 0.376 e. The lowest BCUT2D eigenvalue weighted by Crippen LogP contribution is -2.32. The van der Waals surface area contributed by atoms with E-state index in [1.165, 1.54) is 12.8 Å². The SMILES string of the molecule is NB1CCCCO1. The number of hydrogen-bond acceptors (Lipinski definition) is 2. The molecule has 0 unspecified atom stereocenters. The summed E-state index contributed by atoms with van der Waals surface area (Å²) in [4.78, 5) is 0. The zero-order valence-electron chi connectivity index (χ0n) is 4.39. The van der Waals surface area contributed by atoms with Gasteiger partial charge in [0.1, 0.15) is 0 Å². The van der Waals surface area contributed by atoms with Crippen molar-refractivity contribution in [1.82, 2.24) is 0 Å². The van der Waals surface area contributed by atoms with Gasteiger partial charge in [0.05, 0.1) is 0 Å². The summed E-state index contributed by atoms with van der Waals surface area (Å²) in [6, 6.07) is 0. The van der Waals surface area contributed by atoms with Gasteiger partial charge in [-0.25, -0.2) is 0 Å². The zero-order valence-corrected chi connectivity index (χ0v) is 4.39. The van der Waals surface area contributed by atoms with Crippen molar-refractivity contribution in [2.24, 2.45) is 5.64 Å². The summed E-state index contributed by atoms with van der Waals surface area (Å²) in [5.41, 5.74) is 5.41. The van der Waals surface area contributed by atoms with Crippen LogP contribution in [-0.4, -0.2) is 13.7 Å². The van der Waals surface area contributed by atoms with Crippen molar-refractivity contribution in [3.63, 3.8) is 0 Å². The van der Waals surface area contributed by atoms with Crippen molar-refractivity contribution in [1.29, 1.82) is 0 Å². The Balaban J connectivity index is 2.12. The molecule has 1 aliphatic heterocycles. The Labute approximate surface area is 44.2 Å². The summed E-state index contributed by atoms with van der Waals surface area (Å²) < 4.78 is 5.06. The van der Waals surface area contributed by atoms with E-state index in [4.69, 9.17) is 10.3 Å². The number of nitrogens with two attached hydrogens (primary N) is 1. The van der Waals surface area contributed by atoms with Crippen LogP contribution in [0.4, 0.5) is 0 Å². The van der Waals surface area contributed by atoms with Crippen molar-refractivity contribution in [3.05, 3.63) is 0 Å². The first kappa shape index (κ1) is 5.13. The van der Waals surface area contributed by atoms with Gasteiger partial charge in [-0.15, -0.1) is 0 Å². The second-order valence-corrected chi connectivity index (χ2v) is 1.91. The van der Waals surface area contributed by atoms with Crippen LogP contribution in [0.25, 0.3) is 0 Å². The van der Waals surface area contributed by atoms with Crippen LogP contribution in [0, 0.1) is 0 Å². The number of hydrogen-bond donors (Lipinski definition) is 1. The minimum atomic E-state index is 0.0359. The van der Waals surface area contributed by atoms with Gasteiger partial charge in [0.15, 0.2) is 0 Å². The fourth-order valence-electron chi connectivity index (χ4n) is 0.766. The maximum atomic E-state index is 5.41. The van der Waals surface area contributed by atoms with Crippen LogP contribution in [0.2, 0.25) is 6.32 Å². The van der Waals surface area contributed by atoms with Crippen molar-refractivity contribution in [3.8, 4) is 0 Å². The Morgan fingerprint density at radius 1 is 1.43 bits per heavy atom. The van der Waals surface area contributed by atoms with Crippen molar-refractivity contribution < 1.29 is 4.65 Å². The largest absolute Gasteiger partial charge is 0.422 e. The molecule has 1 fully saturated rings. The average Bonchev–Trinajstić information content (AvgIpc) is 1.69. The van der Waals surface area contributed by atoms with Gasteiger partial charge in [-0.05, 0) is 12.7 Å². The molecule has 0 saturated carbocycles. The highest BCUT2D eigenvalue weighted by atomic mass is 16.4. The van der Waals surface area contributed by atoms with Crippen molar-refractivity contribution >= 4 is 7.05 Å². The van der Waals surface area contributed by atoms with Gasteiger partial charge in [-0.1, -0.05) is 6.42 Å². The molecule has 1 aliphatic rings. The predicted molar refractivity (Wildman–Crippen MR) is 29.9 cm³/mol.